The molecule has 0 amide bonds. The SMILES string of the molecule is N#Cc1ccc(Nc2c(Br)cccc2Br)cc1[N+](=O)[O-]. The topological polar surface area (TPSA) is 79.0 Å². The maximum Gasteiger partial charge on any atom is 0.289 e. The van der Waals surface area contributed by atoms with Crippen molar-refractivity contribution in [2.75, 3.05) is 5.32 Å². The number of benzene rings is 2. The van der Waals surface area contributed by atoms with Crippen molar-refractivity contribution in [3.05, 3.63) is 61.0 Å². The Balaban J connectivity index is 2.43. The summed E-state index contributed by atoms with van der Waals surface area (Å²) < 4.78 is 1.64. The quantitative estimate of drug-likeness (QED) is 0.600. The number of anilines is 2. The van der Waals surface area contributed by atoms with Gasteiger partial charge in [-0.3, -0.25) is 10.1 Å². The zero-order chi connectivity index (χ0) is 14.7. The minimum absolute atomic E-state index is 0.0340. The van der Waals surface area contributed by atoms with E-state index in [1.807, 2.05) is 18.2 Å². The summed E-state index contributed by atoms with van der Waals surface area (Å²) in [5.74, 6) is 0. The third-order valence-corrected chi connectivity index (χ3v) is 3.87. The number of halogens is 2. The molecular weight excluding hydrogens is 390 g/mol. The van der Waals surface area contributed by atoms with Crippen molar-refractivity contribution in [2.45, 2.75) is 0 Å². The minimum Gasteiger partial charge on any atom is -0.353 e. The van der Waals surface area contributed by atoms with Gasteiger partial charge in [0.15, 0.2) is 0 Å². The van der Waals surface area contributed by atoms with E-state index in [0.29, 0.717) is 5.69 Å². The maximum atomic E-state index is 10.9. The highest BCUT2D eigenvalue weighted by molar-refractivity contribution is 9.11. The minimum atomic E-state index is -0.571. The molecule has 100 valence electrons. The van der Waals surface area contributed by atoms with Crippen LogP contribution in [0.4, 0.5) is 17.1 Å². The van der Waals surface area contributed by atoms with Crippen molar-refractivity contribution in [3.8, 4) is 6.07 Å². The summed E-state index contributed by atoms with van der Waals surface area (Å²) in [5, 5.41) is 22.9. The molecule has 0 bridgehead atoms. The Morgan fingerprint density at radius 1 is 1.20 bits per heavy atom. The van der Waals surface area contributed by atoms with Gasteiger partial charge in [0, 0.05) is 20.7 Å². The number of nitriles is 1. The number of hydrogen-bond acceptors (Lipinski definition) is 4. The molecule has 2 aromatic rings. The number of hydrogen-bond donors (Lipinski definition) is 1. The van der Waals surface area contributed by atoms with E-state index in [1.54, 1.807) is 12.1 Å². The average Bonchev–Trinajstić information content (AvgIpc) is 2.43. The summed E-state index contributed by atoms with van der Waals surface area (Å²) in [4.78, 5) is 10.4. The lowest BCUT2D eigenvalue weighted by atomic mass is 10.1. The number of rotatable bonds is 3. The highest BCUT2D eigenvalue weighted by Crippen LogP contribution is 2.34. The Hall–Kier alpha value is -1.91. The Labute approximate surface area is 131 Å². The van der Waals surface area contributed by atoms with Crippen LogP contribution in [-0.4, -0.2) is 4.92 Å². The maximum absolute atomic E-state index is 10.9. The fourth-order valence-corrected chi connectivity index (χ4v) is 2.81. The molecule has 0 unspecified atom stereocenters. The van der Waals surface area contributed by atoms with Crippen LogP contribution in [0.5, 0.6) is 0 Å². The van der Waals surface area contributed by atoms with Gasteiger partial charge in [0.2, 0.25) is 0 Å². The van der Waals surface area contributed by atoms with Crippen molar-refractivity contribution in [3.63, 3.8) is 0 Å². The number of nitro groups is 1. The largest absolute Gasteiger partial charge is 0.353 e. The molecule has 2 aromatic carbocycles. The van der Waals surface area contributed by atoms with Gasteiger partial charge < -0.3 is 5.32 Å². The predicted octanol–water partition coefficient (Wildman–Crippen LogP) is 4.74. The zero-order valence-corrected chi connectivity index (χ0v) is 13.1. The van der Waals surface area contributed by atoms with Crippen LogP contribution in [0.2, 0.25) is 0 Å². The molecule has 0 atom stereocenters. The van der Waals surface area contributed by atoms with Gasteiger partial charge in [-0.05, 0) is 56.1 Å². The molecule has 0 radical (unpaired) electrons. The van der Waals surface area contributed by atoms with E-state index >= 15 is 0 Å². The van der Waals surface area contributed by atoms with E-state index in [9.17, 15) is 10.1 Å². The van der Waals surface area contributed by atoms with Crippen LogP contribution in [0.25, 0.3) is 0 Å². The molecule has 7 heteroatoms. The van der Waals surface area contributed by atoms with Crippen LogP contribution in [0, 0.1) is 21.4 Å². The summed E-state index contributed by atoms with van der Waals surface area (Å²) in [6.45, 7) is 0. The highest BCUT2D eigenvalue weighted by Gasteiger charge is 2.15. The van der Waals surface area contributed by atoms with E-state index in [1.165, 1.54) is 12.1 Å². The lowest BCUT2D eigenvalue weighted by Gasteiger charge is -2.10. The van der Waals surface area contributed by atoms with E-state index in [-0.39, 0.29) is 11.3 Å². The van der Waals surface area contributed by atoms with Gasteiger partial charge in [0.1, 0.15) is 11.6 Å². The summed E-state index contributed by atoms with van der Waals surface area (Å²) in [7, 11) is 0. The molecule has 0 heterocycles. The molecule has 0 aliphatic carbocycles. The normalized spacial score (nSPS) is 9.85. The predicted molar refractivity (Wildman–Crippen MR) is 82.9 cm³/mol. The van der Waals surface area contributed by atoms with E-state index in [4.69, 9.17) is 5.26 Å². The molecule has 0 fully saturated rings. The van der Waals surface area contributed by atoms with Crippen molar-refractivity contribution < 1.29 is 4.92 Å². The lowest BCUT2D eigenvalue weighted by Crippen LogP contribution is -1.97. The first kappa shape index (κ1) is 14.5. The lowest BCUT2D eigenvalue weighted by molar-refractivity contribution is -0.385. The second kappa shape index (κ2) is 6.03. The van der Waals surface area contributed by atoms with Gasteiger partial charge in [-0.1, -0.05) is 6.07 Å². The summed E-state index contributed by atoms with van der Waals surface area (Å²) >= 11 is 6.80. The molecule has 0 spiro atoms. The molecule has 2 rings (SSSR count). The second-order valence-corrected chi connectivity index (χ2v) is 5.53. The van der Waals surface area contributed by atoms with Gasteiger partial charge in [-0.25, -0.2) is 0 Å². The molecule has 0 aromatic heterocycles. The smallest absolute Gasteiger partial charge is 0.289 e. The first-order valence-electron chi connectivity index (χ1n) is 5.42. The van der Waals surface area contributed by atoms with Crippen LogP contribution in [-0.2, 0) is 0 Å². The van der Waals surface area contributed by atoms with E-state index in [2.05, 4.69) is 37.2 Å². The van der Waals surface area contributed by atoms with Crippen molar-refractivity contribution in [1.29, 1.82) is 5.26 Å². The number of para-hydroxylation sites is 1. The summed E-state index contributed by atoms with van der Waals surface area (Å²) in [6.07, 6.45) is 0. The van der Waals surface area contributed by atoms with Gasteiger partial charge in [-0.2, -0.15) is 5.26 Å². The van der Waals surface area contributed by atoms with E-state index < -0.39 is 4.92 Å². The van der Waals surface area contributed by atoms with Crippen LogP contribution in [0.1, 0.15) is 5.56 Å². The first-order chi connectivity index (χ1) is 9.52. The molecule has 0 saturated carbocycles. The molecule has 20 heavy (non-hydrogen) atoms. The molecule has 5 nitrogen and oxygen atoms in total. The molecular formula is C13H7Br2N3O2. The van der Waals surface area contributed by atoms with Crippen LogP contribution in [0.3, 0.4) is 0 Å². The Kier molecular flexibility index (Phi) is 4.37. The van der Waals surface area contributed by atoms with Gasteiger partial charge in [0.25, 0.3) is 5.69 Å². The highest BCUT2D eigenvalue weighted by atomic mass is 79.9. The molecule has 0 aliphatic heterocycles. The van der Waals surface area contributed by atoms with Gasteiger partial charge >= 0.3 is 0 Å². The van der Waals surface area contributed by atoms with Crippen molar-refractivity contribution >= 4 is 48.9 Å². The fraction of sp³-hybridized carbons (Fsp3) is 0. The molecule has 0 saturated heterocycles. The Morgan fingerprint density at radius 2 is 1.85 bits per heavy atom. The van der Waals surface area contributed by atoms with Gasteiger partial charge in [-0.15, -0.1) is 0 Å². The Bertz CT molecular complexity index is 706. The second-order valence-electron chi connectivity index (χ2n) is 3.82. The van der Waals surface area contributed by atoms with Crippen LogP contribution < -0.4 is 5.32 Å². The van der Waals surface area contributed by atoms with E-state index in [0.717, 1.165) is 14.6 Å². The standard InChI is InChI=1S/C13H7Br2N3O2/c14-10-2-1-3-11(15)13(10)17-9-5-4-8(7-16)12(6-9)18(19)20/h1-6,17H. The van der Waals surface area contributed by atoms with Gasteiger partial charge in [0.05, 0.1) is 10.6 Å². The molecule has 1 N–H and O–H groups in total. The monoisotopic (exact) mass is 395 g/mol. The van der Waals surface area contributed by atoms with Crippen LogP contribution in [0.15, 0.2) is 45.3 Å². The molecule has 0 aliphatic rings. The average molecular weight is 397 g/mol. The number of nitro benzene ring substituents is 1. The summed E-state index contributed by atoms with van der Waals surface area (Å²) in [5.41, 5.74) is 1.10. The third kappa shape index (κ3) is 2.98. The fourth-order valence-electron chi connectivity index (χ4n) is 1.62. The zero-order valence-electron chi connectivity index (χ0n) is 9.93. The Morgan fingerprint density at radius 3 is 2.40 bits per heavy atom. The van der Waals surface area contributed by atoms with Crippen LogP contribution >= 0.6 is 31.9 Å². The summed E-state index contributed by atoms with van der Waals surface area (Å²) in [6, 6.07) is 11.8. The van der Waals surface area contributed by atoms with Crippen molar-refractivity contribution in [2.24, 2.45) is 0 Å². The third-order valence-electron chi connectivity index (χ3n) is 2.55. The first-order valence-corrected chi connectivity index (χ1v) is 7.01. The van der Waals surface area contributed by atoms with Crippen molar-refractivity contribution in [1.82, 2.24) is 0 Å². The number of nitrogens with one attached hydrogen (secondary N) is 1. The number of nitrogens with zero attached hydrogens (tertiary/aromatic N) is 2.